The number of benzene rings is 3. The van der Waals surface area contributed by atoms with Gasteiger partial charge in [0, 0.05) is 36.1 Å². The van der Waals surface area contributed by atoms with E-state index >= 15 is 0 Å². The molecule has 42 heavy (non-hydrogen) atoms. The van der Waals surface area contributed by atoms with Crippen molar-refractivity contribution in [3.05, 3.63) is 83.4 Å². The van der Waals surface area contributed by atoms with Crippen molar-refractivity contribution in [2.75, 3.05) is 24.7 Å². The maximum absolute atomic E-state index is 13.2. The minimum Gasteiger partial charge on any atom is -1.00 e. The van der Waals surface area contributed by atoms with Gasteiger partial charge in [0.05, 0.1) is 19.8 Å². The van der Waals surface area contributed by atoms with E-state index in [1.54, 1.807) is 18.2 Å². The highest BCUT2D eigenvalue weighted by Crippen LogP contribution is 2.51. The smallest absolute Gasteiger partial charge is 0.411 e. The van der Waals surface area contributed by atoms with Gasteiger partial charge in [0.1, 0.15) is 36.7 Å². The zero-order valence-electron chi connectivity index (χ0n) is 24.0. The van der Waals surface area contributed by atoms with Crippen LogP contribution in [-0.2, 0) is 20.7 Å². The highest BCUT2D eigenvalue weighted by atomic mass is 127. The Morgan fingerprint density at radius 3 is 2.33 bits per heavy atom. The molecule has 220 valence electrons. The Bertz CT molecular complexity index is 1470. The molecule has 9 heteroatoms. The number of rotatable bonds is 8. The van der Waals surface area contributed by atoms with Gasteiger partial charge < -0.3 is 43.3 Å². The number of morpholine rings is 1. The highest BCUT2D eigenvalue weighted by molar-refractivity contribution is 5.93. The Morgan fingerprint density at radius 1 is 0.952 bits per heavy atom. The molecule has 0 aromatic heterocycles. The van der Waals surface area contributed by atoms with Gasteiger partial charge in [0.15, 0.2) is 0 Å². The van der Waals surface area contributed by atoms with Crippen molar-refractivity contribution in [3.8, 4) is 11.1 Å². The predicted octanol–water partition coefficient (Wildman–Crippen LogP) is 2.36. The van der Waals surface area contributed by atoms with Crippen molar-refractivity contribution < 1.29 is 52.3 Å². The maximum atomic E-state index is 13.2. The lowest BCUT2D eigenvalue weighted by Gasteiger charge is -2.45. The molecule has 0 saturated carbocycles. The Balaban J connectivity index is 0.00000353. The molecule has 3 aliphatic heterocycles. The fourth-order valence-electron chi connectivity index (χ4n) is 6.68. The number of carbonyl (C=O) groups is 3. The molecule has 3 aromatic carbocycles. The minimum absolute atomic E-state index is 0. The van der Waals surface area contributed by atoms with Gasteiger partial charge in [-0.3, -0.25) is 14.9 Å². The summed E-state index contributed by atoms with van der Waals surface area (Å²) in [7, 11) is 4.51. The number of piperidine rings is 1. The first-order chi connectivity index (χ1) is 19.7. The second-order valence-corrected chi connectivity index (χ2v) is 11.9. The summed E-state index contributed by atoms with van der Waals surface area (Å²) in [5.74, 6) is -0.122. The largest absolute Gasteiger partial charge is 1.00 e. The zero-order valence-corrected chi connectivity index (χ0v) is 26.2. The van der Waals surface area contributed by atoms with Gasteiger partial charge in [0.2, 0.25) is 5.91 Å². The van der Waals surface area contributed by atoms with Crippen LogP contribution >= 0.6 is 0 Å². The van der Waals surface area contributed by atoms with Crippen molar-refractivity contribution >= 4 is 29.7 Å². The molecular weight excluding hydrogens is 645 g/mol. The number of hydrogen-bond donors (Lipinski definition) is 2. The lowest BCUT2D eigenvalue weighted by molar-refractivity contribution is -0.938. The van der Waals surface area contributed by atoms with Crippen molar-refractivity contribution in [2.24, 2.45) is 0 Å². The van der Waals surface area contributed by atoms with Crippen LogP contribution in [0.4, 0.5) is 16.2 Å². The number of nitrogens with zero attached hydrogens (tertiary/aromatic N) is 1. The summed E-state index contributed by atoms with van der Waals surface area (Å²) in [6.45, 7) is 1.86. The van der Waals surface area contributed by atoms with E-state index in [4.69, 9.17) is 9.47 Å². The molecule has 0 aliphatic carbocycles. The molecule has 1 unspecified atom stereocenters. The highest BCUT2D eigenvalue weighted by Gasteiger charge is 2.70. The molecule has 2 bridgehead atoms. The van der Waals surface area contributed by atoms with Crippen LogP contribution in [0.1, 0.15) is 40.7 Å². The van der Waals surface area contributed by atoms with E-state index in [0.717, 1.165) is 45.9 Å². The number of hydrogen-bond acceptors (Lipinski definition) is 5. The van der Waals surface area contributed by atoms with Crippen LogP contribution in [0.15, 0.2) is 66.7 Å². The molecule has 3 saturated heterocycles. The molecule has 3 fully saturated rings. The first-order valence-corrected chi connectivity index (χ1v) is 14.2. The van der Waals surface area contributed by atoms with E-state index in [1.807, 2.05) is 55.5 Å². The number of aldehydes is 1. The fourth-order valence-corrected chi connectivity index (χ4v) is 6.68. The van der Waals surface area contributed by atoms with E-state index in [2.05, 4.69) is 24.7 Å². The number of epoxide rings is 1. The summed E-state index contributed by atoms with van der Waals surface area (Å²) in [4.78, 5) is 36.9. The normalized spacial score (nSPS) is 24.5. The average Bonchev–Trinajstić information content (AvgIpc) is 3.72. The van der Waals surface area contributed by atoms with Crippen LogP contribution in [0.2, 0.25) is 0 Å². The van der Waals surface area contributed by atoms with Gasteiger partial charge in [-0.05, 0) is 54.3 Å². The fraction of sp³-hybridized carbons (Fsp3) is 0.364. The molecule has 3 aromatic rings. The molecule has 3 aliphatic rings. The zero-order chi connectivity index (χ0) is 28.7. The number of quaternary nitrogens is 1. The van der Waals surface area contributed by atoms with Gasteiger partial charge in [0.25, 0.3) is 0 Å². The van der Waals surface area contributed by atoms with Crippen LogP contribution in [0.5, 0.6) is 0 Å². The van der Waals surface area contributed by atoms with E-state index in [1.165, 1.54) is 0 Å². The number of ether oxygens (including phenoxy) is 2. The van der Waals surface area contributed by atoms with Crippen LogP contribution in [-0.4, -0.2) is 67.3 Å². The number of carbonyl (C=O) groups excluding carboxylic acids is 3. The first kappa shape index (κ1) is 30.2. The summed E-state index contributed by atoms with van der Waals surface area (Å²) >= 11 is 0. The molecule has 0 spiro atoms. The molecule has 6 rings (SSSR count). The second kappa shape index (κ2) is 12.1. The Hall–Kier alpha value is -3.28. The standard InChI is InChI=1S/C33H35N3O5.HI/c1-20-15-22(19-37)10-13-26(20)34-30(38)14-11-21-9-12-25(23-7-5-4-6-8-23)27(16-21)35-33(39)40-24-17-28-31-32(41-31)29(18-24)36(28,2)3;/h4-10,12-13,15-16,19,24,28-29,31-32H,11,14,17-18H2,1-3H3,(H-,34,35,37,38,39);1H/t24?,28-,29+,31-,32+;. The number of likely N-dealkylation sites (N-methyl/N-ethyl adjacent to an activating group) is 1. The summed E-state index contributed by atoms with van der Waals surface area (Å²) in [5.41, 5.74) is 5.54. The Morgan fingerprint density at radius 2 is 1.67 bits per heavy atom. The Labute approximate surface area is 263 Å². The van der Waals surface area contributed by atoms with Crippen LogP contribution < -0.4 is 34.6 Å². The number of aryl methyl sites for hydroxylation is 2. The predicted molar refractivity (Wildman–Crippen MR) is 157 cm³/mol. The van der Waals surface area contributed by atoms with Crippen LogP contribution in [0.3, 0.4) is 0 Å². The molecule has 0 radical (unpaired) electrons. The summed E-state index contributed by atoms with van der Waals surface area (Å²) in [6, 6.07) is 21.7. The third-order valence-corrected chi connectivity index (χ3v) is 9.02. The maximum Gasteiger partial charge on any atom is 0.411 e. The number of halogens is 1. The summed E-state index contributed by atoms with van der Waals surface area (Å²) < 4.78 is 12.8. The van der Waals surface area contributed by atoms with Gasteiger partial charge in [-0.2, -0.15) is 0 Å². The van der Waals surface area contributed by atoms with Gasteiger partial charge >= 0.3 is 6.09 Å². The van der Waals surface area contributed by atoms with Gasteiger partial charge in [-0.1, -0.05) is 42.5 Å². The third kappa shape index (κ3) is 6.09. The van der Waals surface area contributed by atoms with Crippen molar-refractivity contribution in [1.82, 2.24) is 0 Å². The summed E-state index contributed by atoms with van der Waals surface area (Å²) in [6.07, 6.45) is 3.16. The number of nitrogens with one attached hydrogen (secondary N) is 2. The average molecular weight is 682 g/mol. The van der Waals surface area contributed by atoms with Crippen molar-refractivity contribution in [3.63, 3.8) is 0 Å². The quantitative estimate of drug-likeness (QED) is 0.165. The monoisotopic (exact) mass is 681 g/mol. The summed E-state index contributed by atoms with van der Waals surface area (Å²) in [5, 5.41) is 5.94. The molecule has 8 nitrogen and oxygen atoms in total. The molecular formula is C33H36IN3O5. The van der Waals surface area contributed by atoms with E-state index in [0.29, 0.717) is 47.7 Å². The molecule has 2 N–H and O–H groups in total. The van der Waals surface area contributed by atoms with Crippen molar-refractivity contribution in [2.45, 2.75) is 63.0 Å². The lowest BCUT2D eigenvalue weighted by Crippen LogP contribution is -3.00. The number of anilines is 2. The minimum atomic E-state index is -0.461. The van der Waals surface area contributed by atoms with Crippen LogP contribution in [0, 0.1) is 6.92 Å². The first-order valence-electron chi connectivity index (χ1n) is 14.2. The van der Waals surface area contributed by atoms with E-state index in [-0.39, 0.29) is 42.4 Å². The van der Waals surface area contributed by atoms with E-state index < -0.39 is 6.09 Å². The third-order valence-electron chi connectivity index (χ3n) is 9.02. The van der Waals surface area contributed by atoms with E-state index in [9.17, 15) is 14.4 Å². The van der Waals surface area contributed by atoms with Crippen molar-refractivity contribution in [1.29, 1.82) is 0 Å². The molecule has 2 amide bonds. The second-order valence-electron chi connectivity index (χ2n) is 11.9. The molecule has 5 atom stereocenters. The van der Waals surface area contributed by atoms with Gasteiger partial charge in [-0.25, -0.2) is 4.79 Å². The number of amides is 2. The Kier molecular flexibility index (Phi) is 8.73. The van der Waals surface area contributed by atoms with Gasteiger partial charge in [-0.15, -0.1) is 0 Å². The number of fused-ring (bicyclic) bond motifs is 5. The lowest BCUT2D eigenvalue weighted by atomic mass is 9.96. The molecule has 3 heterocycles. The SMILES string of the molecule is Cc1cc(C=O)ccc1NC(=O)CCc1ccc(-c2ccccc2)c(NC(=O)OC2C[C@@H]3[C@H]4O[C@H]4[C@H](C2)[N+]3(C)C)c1.[I-]. The van der Waals surface area contributed by atoms with Crippen LogP contribution in [0.25, 0.3) is 11.1 Å². The topological polar surface area (TPSA) is 97.0 Å².